The van der Waals surface area contributed by atoms with Crippen LogP contribution in [0.5, 0.6) is 5.75 Å². The van der Waals surface area contributed by atoms with Gasteiger partial charge in [-0.2, -0.15) is 23.7 Å². The summed E-state index contributed by atoms with van der Waals surface area (Å²) < 4.78 is 49.7. The number of amides is 1. The predicted octanol–water partition coefficient (Wildman–Crippen LogP) is 2.58. The number of aromatic nitrogens is 2. The molecule has 0 bridgehead atoms. The fourth-order valence-corrected chi connectivity index (χ4v) is 2.31. The van der Waals surface area contributed by atoms with E-state index >= 15 is 0 Å². The molecule has 0 radical (unpaired) electrons. The van der Waals surface area contributed by atoms with E-state index < -0.39 is 41.5 Å². The number of carbonyl (C=O) groups is 2. The van der Waals surface area contributed by atoms with Crippen LogP contribution in [0.15, 0.2) is 30.6 Å². The van der Waals surface area contributed by atoms with Crippen LogP contribution in [0.2, 0.25) is 0 Å². The molecule has 0 unspecified atom stereocenters. The lowest BCUT2D eigenvalue weighted by Gasteiger charge is -2.27. The van der Waals surface area contributed by atoms with E-state index in [1.165, 1.54) is 31.3 Å². The minimum absolute atomic E-state index is 0.127. The maximum atomic E-state index is 13.1. The van der Waals surface area contributed by atoms with Gasteiger partial charge in [-0.15, -0.1) is 0 Å². The Morgan fingerprint density at radius 1 is 1.16 bits per heavy atom. The molecule has 0 saturated carbocycles. The maximum Gasteiger partial charge on any atom is 0.419 e. The molecule has 0 aliphatic heterocycles. The Labute approximate surface area is 174 Å². The quantitative estimate of drug-likeness (QED) is 0.686. The lowest BCUT2D eigenvalue weighted by Crippen LogP contribution is -2.48. The second kappa shape index (κ2) is 9.09. The van der Waals surface area contributed by atoms with Gasteiger partial charge in [-0.25, -0.2) is 9.97 Å². The van der Waals surface area contributed by atoms with E-state index in [1.807, 2.05) is 6.07 Å². The second-order valence-electron chi connectivity index (χ2n) is 6.29. The van der Waals surface area contributed by atoms with E-state index in [9.17, 15) is 22.8 Å². The van der Waals surface area contributed by atoms with Gasteiger partial charge < -0.3 is 14.8 Å². The first-order valence-corrected chi connectivity index (χ1v) is 8.46. The lowest BCUT2D eigenvalue weighted by molar-refractivity contribution is -0.165. The molecule has 0 fully saturated rings. The minimum Gasteiger partial charge on any atom is -0.487 e. The molecule has 12 heteroatoms. The van der Waals surface area contributed by atoms with Crippen LogP contribution >= 0.6 is 0 Å². The van der Waals surface area contributed by atoms with Crippen LogP contribution in [0.25, 0.3) is 0 Å². The molecular weight excluding hydrogens is 419 g/mol. The van der Waals surface area contributed by atoms with Crippen molar-refractivity contribution < 1.29 is 32.2 Å². The number of pyridine rings is 2. The molecule has 1 atom stereocenters. The van der Waals surface area contributed by atoms with Crippen LogP contribution in [0, 0.1) is 22.7 Å². The highest BCUT2D eigenvalue weighted by Gasteiger charge is 2.39. The van der Waals surface area contributed by atoms with Gasteiger partial charge in [0, 0.05) is 6.92 Å². The van der Waals surface area contributed by atoms with Crippen LogP contribution in [0.1, 0.15) is 30.8 Å². The zero-order chi connectivity index (χ0) is 23.2. The van der Waals surface area contributed by atoms with Gasteiger partial charge in [-0.3, -0.25) is 9.59 Å². The zero-order valence-corrected chi connectivity index (χ0v) is 16.1. The van der Waals surface area contributed by atoms with Crippen molar-refractivity contribution in [3.05, 3.63) is 47.5 Å². The summed E-state index contributed by atoms with van der Waals surface area (Å²) in [6.07, 6.45) is -2.79. The molecular formula is C19H14F3N5O4. The Kier molecular flexibility index (Phi) is 6.77. The number of nitriles is 2. The standard InChI is InChI=1S/C19H14F3N5O4/c1-11(28)31-18(2,10-30-14-4-3-12(6-23)25-9-14)17(29)27-13-5-15(19(20,21)22)16(7-24)26-8-13/h3-5,8-9H,10H2,1-2H3,(H,27,29)/t18-/m0/s1. The molecule has 2 aromatic heterocycles. The molecule has 2 rings (SSSR count). The van der Waals surface area contributed by atoms with E-state index in [4.69, 9.17) is 20.0 Å². The number of anilines is 1. The molecule has 0 aromatic carbocycles. The minimum atomic E-state index is -4.87. The fourth-order valence-electron chi connectivity index (χ4n) is 2.31. The second-order valence-corrected chi connectivity index (χ2v) is 6.29. The number of halogens is 3. The topological polar surface area (TPSA) is 138 Å². The van der Waals surface area contributed by atoms with Gasteiger partial charge >= 0.3 is 12.1 Å². The highest BCUT2D eigenvalue weighted by molar-refractivity contribution is 5.98. The summed E-state index contributed by atoms with van der Waals surface area (Å²) in [4.78, 5) is 31.4. The molecule has 31 heavy (non-hydrogen) atoms. The van der Waals surface area contributed by atoms with Crippen LogP contribution < -0.4 is 10.1 Å². The first-order chi connectivity index (χ1) is 14.5. The molecule has 0 aliphatic rings. The van der Waals surface area contributed by atoms with Gasteiger partial charge in [0.2, 0.25) is 5.60 Å². The van der Waals surface area contributed by atoms with Crippen molar-refractivity contribution in [2.24, 2.45) is 0 Å². The highest BCUT2D eigenvalue weighted by atomic mass is 19.4. The van der Waals surface area contributed by atoms with Gasteiger partial charge in [0.15, 0.2) is 5.69 Å². The summed E-state index contributed by atoms with van der Waals surface area (Å²) in [6.45, 7) is 1.73. The molecule has 9 nitrogen and oxygen atoms in total. The monoisotopic (exact) mass is 433 g/mol. The number of carbonyl (C=O) groups excluding carboxylic acids is 2. The number of nitrogens with one attached hydrogen (secondary N) is 1. The highest BCUT2D eigenvalue weighted by Crippen LogP contribution is 2.32. The Morgan fingerprint density at radius 2 is 1.87 bits per heavy atom. The van der Waals surface area contributed by atoms with Crippen LogP contribution in [-0.2, 0) is 20.5 Å². The number of ether oxygens (including phenoxy) is 2. The number of hydrogen-bond donors (Lipinski definition) is 1. The first kappa shape index (κ1) is 23.1. The molecule has 1 amide bonds. The summed E-state index contributed by atoms with van der Waals surface area (Å²) in [7, 11) is 0. The van der Waals surface area contributed by atoms with Crippen molar-refractivity contribution in [1.82, 2.24) is 9.97 Å². The molecule has 0 spiro atoms. The molecule has 0 saturated heterocycles. The first-order valence-electron chi connectivity index (χ1n) is 8.46. The Balaban J connectivity index is 2.25. The van der Waals surface area contributed by atoms with Gasteiger partial charge in [0.25, 0.3) is 5.91 Å². The number of esters is 1. The zero-order valence-electron chi connectivity index (χ0n) is 16.1. The fraction of sp³-hybridized carbons (Fsp3) is 0.263. The van der Waals surface area contributed by atoms with Crippen molar-refractivity contribution in [2.75, 3.05) is 11.9 Å². The summed E-state index contributed by atoms with van der Waals surface area (Å²) in [5.74, 6) is -1.68. The van der Waals surface area contributed by atoms with E-state index in [-0.39, 0.29) is 17.1 Å². The largest absolute Gasteiger partial charge is 0.487 e. The van der Waals surface area contributed by atoms with Gasteiger partial charge in [-0.1, -0.05) is 0 Å². The molecule has 0 aliphatic carbocycles. The number of alkyl halides is 3. The SMILES string of the molecule is CC(=O)O[C@@](C)(COc1ccc(C#N)nc1)C(=O)Nc1cnc(C#N)c(C(F)(F)F)c1. The van der Waals surface area contributed by atoms with Crippen molar-refractivity contribution in [3.63, 3.8) is 0 Å². The van der Waals surface area contributed by atoms with Gasteiger partial charge in [0.1, 0.15) is 30.2 Å². The van der Waals surface area contributed by atoms with Crippen LogP contribution in [-0.4, -0.2) is 34.1 Å². The normalized spacial score (nSPS) is 12.6. The van der Waals surface area contributed by atoms with E-state index in [0.717, 1.165) is 13.1 Å². The third-order valence-electron chi connectivity index (χ3n) is 3.77. The third-order valence-corrected chi connectivity index (χ3v) is 3.77. The molecule has 2 heterocycles. The summed E-state index contributed by atoms with van der Waals surface area (Å²) in [5, 5.41) is 19.7. The van der Waals surface area contributed by atoms with Gasteiger partial charge in [0.05, 0.1) is 23.6 Å². The predicted molar refractivity (Wildman–Crippen MR) is 97.2 cm³/mol. The van der Waals surface area contributed by atoms with Crippen molar-refractivity contribution in [1.29, 1.82) is 10.5 Å². The molecule has 160 valence electrons. The van der Waals surface area contributed by atoms with Crippen molar-refractivity contribution >= 4 is 17.6 Å². The maximum absolute atomic E-state index is 13.1. The average molecular weight is 433 g/mol. The Hall–Kier alpha value is -4.19. The summed E-state index contributed by atoms with van der Waals surface area (Å²) in [5.41, 5.74) is -4.37. The number of nitrogens with zero attached hydrogens (tertiary/aromatic N) is 4. The summed E-state index contributed by atoms with van der Waals surface area (Å²) >= 11 is 0. The molecule has 1 N–H and O–H groups in total. The van der Waals surface area contributed by atoms with E-state index in [1.54, 1.807) is 0 Å². The molecule has 2 aromatic rings. The van der Waals surface area contributed by atoms with Crippen LogP contribution in [0.3, 0.4) is 0 Å². The summed E-state index contributed by atoms with van der Waals surface area (Å²) in [6, 6.07) is 6.45. The van der Waals surface area contributed by atoms with Gasteiger partial charge in [-0.05, 0) is 25.1 Å². The number of hydrogen-bond acceptors (Lipinski definition) is 8. The Morgan fingerprint density at radius 3 is 2.39 bits per heavy atom. The smallest absolute Gasteiger partial charge is 0.419 e. The number of rotatable bonds is 6. The van der Waals surface area contributed by atoms with Crippen LogP contribution in [0.4, 0.5) is 18.9 Å². The van der Waals surface area contributed by atoms with E-state index in [2.05, 4.69) is 15.3 Å². The average Bonchev–Trinajstić information content (AvgIpc) is 2.71. The van der Waals surface area contributed by atoms with Crippen molar-refractivity contribution in [3.8, 4) is 17.9 Å². The van der Waals surface area contributed by atoms with Crippen molar-refractivity contribution in [2.45, 2.75) is 25.6 Å². The lowest BCUT2D eigenvalue weighted by atomic mass is 10.1. The van der Waals surface area contributed by atoms with E-state index in [0.29, 0.717) is 6.07 Å². The Bertz CT molecular complexity index is 1070. The third kappa shape index (κ3) is 5.90.